The Balaban J connectivity index is 2.02. The van der Waals surface area contributed by atoms with Gasteiger partial charge < -0.3 is 0 Å². The van der Waals surface area contributed by atoms with Gasteiger partial charge in [0.25, 0.3) is 0 Å². The van der Waals surface area contributed by atoms with E-state index in [-0.39, 0.29) is 0 Å². The van der Waals surface area contributed by atoms with Gasteiger partial charge in [-0.15, -0.1) is 0 Å². The monoisotopic (exact) mass is 244 g/mol. The fraction of sp³-hybridized carbons (Fsp3) is 0.250. The van der Waals surface area contributed by atoms with Gasteiger partial charge >= 0.3 is 0 Å². The van der Waals surface area contributed by atoms with E-state index in [4.69, 9.17) is 0 Å². The van der Waals surface area contributed by atoms with Crippen LogP contribution in [0.3, 0.4) is 0 Å². The van der Waals surface area contributed by atoms with Crippen molar-refractivity contribution < 1.29 is 9.18 Å². The number of isocyanates is 1. The molecular weight excluding hydrogens is 235 g/mol. The van der Waals surface area contributed by atoms with Gasteiger partial charge in [-0.3, -0.25) is 0 Å². The first-order valence-electron chi connectivity index (χ1n) is 5.49. The Labute approximate surface area is 102 Å². The largest absolute Gasteiger partial charge is 0.235 e. The predicted molar refractivity (Wildman–Crippen MR) is 60.4 cm³/mol. The van der Waals surface area contributed by atoms with Crippen molar-refractivity contribution in [3.8, 4) is 5.69 Å². The number of hydrogen-bond donors (Lipinski definition) is 0. The second-order valence-electron chi connectivity index (χ2n) is 4.24. The van der Waals surface area contributed by atoms with Crippen LogP contribution in [-0.4, -0.2) is 20.8 Å². The number of rotatable bonds is 3. The molecule has 1 aliphatic carbocycles. The highest BCUT2D eigenvalue weighted by atomic mass is 19.1. The zero-order chi connectivity index (χ0) is 12.6. The van der Waals surface area contributed by atoms with Gasteiger partial charge in [0.05, 0.1) is 5.54 Å². The molecule has 0 radical (unpaired) electrons. The Morgan fingerprint density at radius 1 is 1.44 bits per heavy atom. The standard InChI is InChI=1S/C12H9FN4O/c13-10-5-9(12(3-4-12)15-8-18)1-2-11(10)17-7-14-6-16-17/h1-2,5-7H,3-4H2. The average Bonchev–Trinajstić information content (AvgIpc) is 2.95. The number of aliphatic imine (C=N–C) groups is 1. The van der Waals surface area contributed by atoms with Crippen molar-refractivity contribution >= 4 is 6.08 Å². The molecular formula is C12H9FN4O. The third-order valence-corrected chi connectivity index (χ3v) is 3.13. The SMILES string of the molecule is O=C=NC1(c2ccc(-n3cncn3)c(F)c2)CC1. The minimum Gasteiger partial charge on any atom is -0.223 e. The van der Waals surface area contributed by atoms with Gasteiger partial charge in [-0.2, -0.15) is 10.1 Å². The lowest BCUT2D eigenvalue weighted by Crippen LogP contribution is -2.05. The summed E-state index contributed by atoms with van der Waals surface area (Å²) in [5.41, 5.74) is 0.470. The maximum Gasteiger partial charge on any atom is 0.235 e. The minimum absolute atomic E-state index is 0.321. The molecule has 1 fully saturated rings. The van der Waals surface area contributed by atoms with Crippen molar-refractivity contribution in [2.24, 2.45) is 4.99 Å². The van der Waals surface area contributed by atoms with Crippen LogP contribution in [0, 0.1) is 5.82 Å². The Kier molecular flexibility index (Phi) is 2.31. The Hall–Kier alpha value is -2.33. The Bertz CT molecular complexity index is 628. The van der Waals surface area contributed by atoms with Crippen LogP contribution in [0.5, 0.6) is 0 Å². The smallest absolute Gasteiger partial charge is 0.223 e. The minimum atomic E-state index is -0.552. The fourth-order valence-corrected chi connectivity index (χ4v) is 1.99. The van der Waals surface area contributed by atoms with Crippen molar-refractivity contribution in [1.29, 1.82) is 0 Å². The highest BCUT2D eigenvalue weighted by Gasteiger charge is 2.45. The number of carbonyl (C=O) groups excluding carboxylic acids is 1. The van der Waals surface area contributed by atoms with E-state index in [9.17, 15) is 9.18 Å². The van der Waals surface area contributed by atoms with Gasteiger partial charge in [0.15, 0.2) is 0 Å². The molecule has 1 aromatic carbocycles. The highest BCUT2D eigenvalue weighted by Crippen LogP contribution is 2.49. The van der Waals surface area contributed by atoms with Gasteiger partial charge in [-0.25, -0.2) is 18.9 Å². The molecule has 0 spiro atoms. The van der Waals surface area contributed by atoms with E-state index in [0.29, 0.717) is 11.3 Å². The van der Waals surface area contributed by atoms with Crippen molar-refractivity contribution in [1.82, 2.24) is 14.8 Å². The number of benzene rings is 1. The molecule has 1 heterocycles. The van der Waals surface area contributed by atoms with Gasteiger partial charge in [-0.05, 0) is 30.5 Å². The van der Waals surface area contributed by atoms with E-state index in [1.165, 1.54) is 23.4 Å². The lowest BCUT2D eigenvalue weighted by molar-refractivity contribution is 0.555. The summed E-state index contributed by atoms with van der Waals surface area (Å²) in [5.74, 6) is -0.412. The van der Waals surface area contributed by atoms with Crippen LogP contribution >= 0.6 is 0 Å². The second-order valence-corrected chi connectivity index (χ2v) is 4.24. The number of aromatic nitrogens is 3. The van der Waals surface area contributed by atoms with Crippen LogP contribution in [-0.2, 0) is 10.3 Å². The molecule has 1 aliphatic rings. The summed E-state index contributed by atoms with van der Waals surface area (Å²) in [6.07, 6.45) is 5.83. The van der Waals surface area contributed by atoms with Gasteiger partial charge in [0, 0.05) is 0 Å². The van der Waals surface area contributed by atoms with E-state index in [2.05, 4.69) is 15.1 Å². The maximum absolute atomic E-state index is 14.0. The summed E-state index contributed by atoms with van der Waals surface area (Å²) < 4.78 is 15.3. The first-order valence-corrected chi connectivity index (χ1v) is 5.49. The molecule has 0 atom stereocenters. The van der Waals surface area contributed by atoms with Gasteiger partial charge in [0.2, 0.25) is 6.08 Å². The first-order chi connectivity index (χ1) is 8.75. The Morgan fingerprint density at radius 2 is 2.28 bits per heavy atom. The zero-order valence-electron chi connectivity index (χ0n) is 9.38. The van der Waals surface area contributed by atoms with Crippen LogP contribution in [0.2, 0.25) is 0 Å². The summed E-state index contributed by atoms with van der Waals surface area (Å²) in [5, 5.41) is 3.87. The second kappa shape index (κ2) is 3.85. The van der Waals surface area contributed by atoms with Crippen LogP contribution in [0.25, 0.3) is 5.69 Å². The lowest BCUT2D eigenvalue weighted by atomic mass is 10.0. The van der Waals surface area contributed by atoms with Crippen molar-refractivity contribution in [2.45, 2.75) is 18.4 Å². The van der Waals surface area contributed by atoms with Crippen molar-refractivity contribution in [3.63, 3.8) is 0 Å². The van der Waals surface area contributed by atoms with E-state index in [1.54, 1.807) is 18.2 Å². The first kappa shape index (κ1) is 10.8. The molecule has 90 valence electrons. The summed E-state index contributed by atoms with van der Waals surface area (Å²) >= 11 is 0. The van der Waals surface area contributed by atoms with Gasteiger partial charge in [-0.1, -0.05) is 6.07 Å². The molecule has 3 rings (SSSR count). The third-order valence-electron chi connectivity index (χ3n) is 3.13. The molecule has 0 saturated heterocycles. The summed E-state index contributed by atoms with van der Waals surface area (Å²) in [7, 11) is 0. The molecule has 0 aliphatic heterocycles. The van der Waals surface area contributed by atoms with Crippen molar-refractivity contribution in [2.75, 3.05) is 0 Å². The van der Waals surface area contributed by atoms with Crippen LogP contribution in [0.1, 0.15) is 18.4 Å². The van der Waals surface area contributed by atoms with Crippen LogP contribution in [0.15, 0.2) is 35.8 Å². The zero-order valence-corrected chi connectivity index (χ0v) is 9.38. The number of nitrogens with zero attached hydrogens (tertiary/aromatic N) is 4. The van der Waals surface area contributed by atoms with Crippen LogP contribution in [0.4, 0.5) is 4.39 Å². The molecule has 0 bridgehead atoms. The Morgan fingerprint density at radius 3 is 2.83 bits per heavy atom. The molecule has 0 N–H and O–H groups in total. The summed E-state index contributed by atoms with van der Waals surface area (Å²) in [4.78, 5) is 17.9. The maximum atomic E-state index is 14.0. The highest BCUT2D eigenvalue weighted by molar-refractivity contribution is 5.44. The molecule has 0 amide bonds. The molecule has 1 aromatic heterocycles. The van der Waals surface area contributed by atoms with E-state index >= 15 is 0 Å². The third kappa shape index (κ3) is 1.63. The van der Waals surface area contributed by atoms with E-state index in [0.717, 1.165) is 12.8 Å². The average molecular weight is 244 g/mol. The normalized spacial score (nSPS) is 16.1. The summed E-state index contributed by atoms with van der Waals surface area (Å²) in [6.45, 7) is 0. The number of halogens is 1. The summed E-state index contributed by atoms with van der Waals surface area (Å²) in [6, 6.07) is 4.76. The molecule has 2 aromatic rings. The quantitative estimate of drug-likeness (QED) is 0.610. The molecule has 1 saturated carbocycles. The van der Waals surface area contributed by atoms with Crippen molar-refractivity contribution in [3.05, 3.63) is 42.2 Å². The predicted octanol–water partition coefficient (Wildman–Crippen LogP) is 1.73. The van der Waals surface area contributed by atoms with Crippen LogP contribution < -0.4 is 0 Å². The topological polar surface area (TPSA) is 60.1 Å². The molecule has 5 nitrogen and oxygen atoms in total. The van der Waals surface area contributed by atoms with E-state index in [1.807, 2.05) is 0 Å². The van der Waals surface area contributed by atoms with Gasteiger partial charge in [0.1, 0.15) is 24.2 Å². The van der Waals surface area contributed by atoms with E-state index < -0.39 is 11.4 Å². The molecule has 18 heavy (non-hydrogen) atoms. The molecule has 0 unspecified atom stereocenters. The lowest BCUT2D eigenvalue weighted by Gasteiger charge is -2.10. The number of hydrogen-bond acceptors (Lipinski definition) is 4. The fourth-order valence-electron chi connectivity index (χ4n) is 1.99. The molecule has 6 heteroatoms.